The molecule has 0 saturated carbocycles. The molecule has 0 bridgehead atoms. The van der Waals surface area contributed by atoms with Gasteiger partial charge in [-0.05, 0) is 37.1 Å². The van der Waals surface area contributed by atoms with Gasteiger partial charge in [0.15, 0.2) is 0 Å². The molecule has 10 nitrogen and oxygen atoms in total. The third kappa shape index (κ3) is 5.98. The predicted molar refractivity (Wildman–Crippen MR) is 133 cm³/mol. The van der Waals surface area contributed by atoms with Crippen molar-refractivity contribution in [2.45, 2.75) is 32.4 Å². The number of benzene rings is 2. The van der Waals surface area contributed by atoms with Gasteiger partial charge < -0.3 is 24.4 Å². The van der Waals surface area contributed by atoms with E-state index in [1.54, 1.807) is 30.3 Å². The molecule has 1 amide bonds. The summed E-state index contributed by atoms with van der Waals surface area (Å²) < 4.78 is 11.0. The number of nitrogens with one attached hydrogen (secondary N) is 1. The minimum Gasteiger partial charge on any atom is -0.872 e. The number of nitro groups is 1. The van der Waals surface area contributed by atoms with Crippen LogP contribution in [0.25, 0.3) is 5.76 Å². The lowest BCUT2D eigenvalue weighted by molar-refractivity contribution is -0.908. The lowest BCUT2D eigenvalue weighted by Crippen LogP contribution is -3.14. The Kier molecular flexibility index (Phi) is 8.20. The highest BCUT2D eigenvalue weighted by Gasteiger charge is 2.44. The maximum atomic E-state index is 13.6. The van der Waals surface area contributed by atoms with Crippen LogP contribution in [0.4, 0.5) is 5.69 Å². The molecule has 0 spiro atoms. The number of hydrogen-bond acceptors (Lipinski definition) is 7. The Hall–Kier alpha value is -3.76. The first-order valence-corrected chi connectivity index (χ1v) is 12.5. The van der Waals surface area contributed by atoms with Crippen molar-refractivity contribution >= 4 is 23.1 Å². The van der Waals surface area contributed by atoms with Gasteiger partial charge in [-0.1, -0.05) is 30.0 Å². The average molecular weight is 510 g/mol. The number of morpholine rings is 1. The van der Waals surface area contributed by atoms with Crippen molar-refractivity contribution in [1.29, 1.82) is 0 Å². The van der Waals surface area contributed by atoms with Crippen LogP contribution in [-0.4, -0.2) is 67.0 Å². The standard InChI is InChI=1S/C27H31N3O7/c1-18(2)37-22-9-7-19(8-10-22)25(31)23-24(20-5-3-6-21(17-20)30(34)35)29(27(33)26(23)32)12-4-11-28-13-15-36-16-14-28/h3,5-10,17-18,24,31H,4,11-16H2,1-2H3. The minimum atomic E-state index is -1.00. The second-order valence-corrected chi connectivity index (χ2v) is 9.48. The van der Waals surface area contributed by atoms with Gasteiger partial charge in [0.2, 0.25) is 5.78 Å². The van der Waals surface area contributed by atoms with Gasteiger partial charge >= 0.3 is 0 Å². The fourth-order valence-electron chi connectivity index (χ4n) is 4.78. The molecule has 2 heterocycles. The molecule has 2 fully saturated rings. The van der Waals surface area contributed by atoms with Crippen molar-refractivity contribution in [3.8, 4) is 5.75 Å². The Morgan fingerprint density at radius 1 is 1.16 bits per heavy atom. The quantitative estimate of drug-likeness (QED) is 0.175. The number of Topliss-reactive ketones (excluding diaryl/α,β-unsaturated/α-hetero) is 1. The lowest BCUT2D eigenvalue weighted by atomic mass is 9.95. The zero-order valence-electron chi connectivity index (χ0n) is 21.0. The second kappa shape index (κ2) is 11.5. The summed E-state index contributed by atoms with van der Waals surface area (Å²) in [5.74, 6) is -1.64. The number of hydrogen-bond donors (Lipinski definition) is 1. The van der Waals surface area contributed by atoms with Crippen LogP contribution in [-0.2, 0) is 14.3 Å². The Morgan fingerprint density at radius 2 is 1.86 bits per heavy atom. The van der Waals surface area contributed by atoms with Crippen LogP contribution >= 0.6 is 0 Å². The highest BCUT2D eigenvalue weighted by Crippen LogP contribution is 2.39. The summed E-state index contributed by atoms with van der Waals surface area (Å²) in [7, 11) is 0. The number of nitro benzene ring substituents is 1. The van der Waals surface area contributed by atoms with Crippen molar-refractivity contribution in [2.24, 2.45) is 0 Å². The number of amides is 1. The lowest BCUT2D eigenvalue weighted by Gasteiger charge is -2.29. The van der Waals surface area contributed by atoms with Crippen LogP contribution in [0.5, 0.6) is 5.75 Å². The summed E-state index contributed by atoms with van der Waals surface area (Å²) in [6.07, 6.45) is 0.568. The number of likely N-dealkylation sites (tertiary alicyclic amines) is 1. The van der Waals surface area contributed by atoms with E-state index in [1.807, 2.05) is 13.8 Å². The van der Waals surface area contributed by atoms with E-state index in [1.165, 1.54) is 28.0 Å². The molecule has 4 rings (SSSR count). The van der Waals surface area contributed by atoms with E-state index in [2.05, 4.69) is 0 Å². The molecule has 2 saturated heterocycles. The van der Waals surface area contributed by atoms with Gasteiger partial charge in [0.05, 0.1) is 36.8 Å². The molecule has 10 heteroatoms. The summed E-state index contributed by atoms with van der Waals surface area (Å²) in [6.45, 7) is 7.90. The van der Waals surface area contributed by atoms with Crippen LogP contribution < -0.4 is 14.7 Å². The summed E-state index contributed by atoms with van der Waals surface area (Å²) in [6, 6.07) is 11.2. The number of carbonyl (C=O) groups is 2. The van der Waals surface area contributed by atoms with E-state index in [0.717, 1.165) is 19.6 Å². The van der Waals surface area contributed by atoms with Crippen LogP contribution in [0.3, 0.4) is 0 Å². The highest BCUT2D eigenvalue weighted by atomic mass is 16.6. The molecule has 1 N–H and O–H groups in total. The fourth-order valence-corrected chi connectivity index (χ4v) is 4.78. The van der Waals surface area contributed by atoms with E-state index in [0.29, 0.717) is 30.9 Å². The van der Waals surface area contributed by atoms with Gasteiger partial charge in [0, 0.05) is 30.7 Å². The number of non-ortho nitro benzene ring substituents is 1. The third-order valence-corrected chi connectivity index (χ3v) is 6.54. The first kappa shape index (κ1) is 26.3. The first-order valence-electron chi connectivity index (χ1n) is 12.5. The van der Waals surface area contributed by atoms with Gasteiger partial charge in [0.1, 0.15) is 18.8 Å². The van der Waals surface area contributed by atoms with Crippen LogP contribution in [0.15, 0.2) is 54.1 Å². The Morgan fingerprint density at radius 3 is 2.51 bits per heavy atom. The zero-order valence-corrected chi connectivity index (χ0v) is 21.0. The predicted octanol–water partition coefficient (Wildman–Crippen LogP) is 0.911. The van der Waals surface area contributed by atoms with Gasteiger partial charge in [-0.3, -0.25) is 19.7 Å². The molecule has 37 heavy (non-hydrogen) atoms. The van der Waals surface area contributed by atoms with Crippen LogP contribution in [0.2, 0.25) is 0 Å². The molecule has 0 aliphatic carbocycles. The van der Waals surface area contributed by atoms with Crippen molar-refractivity contribution in [3.05, 3.63) is 75.3 Å². The van der Waals surface area contributed by atoms with Crippen molar-refractivity contribution < 1.29 is 34.0 Å². The topological polar surface area (TPSA) is 126 Å². The molecule has 2 aromatic carbocycles. The minimum absolute atomic E-state index is 0.0453. The van der Waals surface area contributed by atoms with Crippen molar-refractivity contribution in [2.75, 3.05) is 39.4 Å². The average Bonchev–Trinajstić information content (AvgIpc) is 3.14. The molecule has 1 unspecified atom stereocenters. The Balaban J connectivity index is 1.69. The molecule has 1 atom stereocenters. The largest absolute Gasteiger partial charge is 0.872 e. The van der Waals surface area contributed by atoms with E-state index < -0.39 is 28.4 Å². The first-order chi connectivity index (χ1) is 17.8. The molecule has 196 valence electrons. The Labute approximate surface area is 215 Å². The van der Waals surface area contributed by atoms with Crippen molar-refractivity contribution in [1.82, 2.24) is 4.90 Å². The van der Waals surface area contributed by atoms with Gasteiger partial charge in [-0.25, -0.2) is 0 Å². The Bertz CT molecular complexity index is 1190. The zero-order chi connectivity index (χ0) is 26.5. The maximum Gasteiger partial charge on any atom is 0.295 e. The van der Waals surface area contributed by atoms with Crippen molar-refractivity contribution in [3.63, 3.8) is 0 Å². The van der Waals surface area contributed by atoms with E-state index >= 15 is 0 Å². The monoisotopic (exact) mass is 509 g/mol. The molecule has 2 aliphatic rings. The second-order valence-electron chi connectivity index (χ2n) is 9.48. The van der Waals surface area contributed by atoms with Crippen LogP contribution in [0, 0.1) is 10.1 Å². The van der Waals surface area contributed by atoms with E-state index in [4.69, 9.17) is 9.47 Å². The summed E-state index contributed by atoms with van der Waals surface area (Å²) in [4.78, 5) is 39.9. The number of quaternary nitrogens is 1. The summed E-state index contributed by atoms with van der Waals surface area (Å²) in [5, 5.41) is 25.0. The molecule has 2 aliphatic heterocycles. The number of nitrogens with zero attached hydrogens (tertiary/aromatic N) is 2. The highest BCUT2D eigenvalue weighted by molar-refractivity contribution is 6.46. The number of ketones is 1. The number of ether oxygens (including phenoxy) is 2. The van der Waals surface area contributed by atoms with E-state index in [9.17, 15) is 24.8 Å². The molecular formula is C27H31N3O7. The smallest absolute Gasteiger partial charge is 0.295 e. The van der Waals surface area contributed by atoms with Crippen LogP contribution in [0.1, 0.15) is 37.4 Å². The molecule has 2 aromatic rings. The fraction of sp³-hybridized carbons (Fsp3) is 0.407. The normalized spacial score (nSPS) is 20.0. The molecule has 0 radical (unpaired) electrons. The number of rotatable bonds is 9. The van der Waals surface area contributed by atoms with Gasteiger partial charge in [0.25, 0.3) is 11.6 Å². The summed E-state index contributed by atoms with van der Waals surface area (Å²) >= 11 is 0. The molecular weight excluding hydrogens is 478 g/mol. The van der Waals surface area contributed by atoms with Gasteiger partial charge in [-0.2, -0.15) is 0 Å². The SMILES string of the molecule is CC(C)Oc1ccc(C([O-])=C2C(=O)C(=O)N(CCC[NH+]3CCOCC3)C2c2cccc([N+](=O)[O-])c2)cc1. The summed E-state index contributed by atoms with van der Waals surface area (Å²) in [5.41, 5.74) is 0.225. The third-order valence-electron chi connectivity index (χ3n) is 6.54. The maximum absolute atomic E-state index is 13.6. The molecule has 0 aromatic heterocycles. The van der Waals surface area contributed by atoms with Gasteiger partial charge in [-0.15, -0.1) is 0 Å². The van der Waals surface area contributed by atoms with E-state index in [-0.39, 0.29) is 29.5 Å². The number of carbonyl (C=O) groups excluding carboxylic acids is 2.